The van der Waals surface area contributed by atoms with E-state index in [1.807, 2.05) is 24.4 Å². The molecule has 0 spiro atoms. The second-order valence-corrected chi connectivity index (χ2v) is 7.11. The Morgan fingerprint density at radius 3 is 2.76 bits per heavy atom. The molecule has 0 bridgehead atoms. The average Bonchev–Trinajstić information content (AvgIpc) is 3.32. The number of hydrogen-bond acceptors (Lipinski definition) is 9. The number of hydrogen-bond donors (Lipinski definition) is 1. The molecule has 29 heavy (non-hydrogen) atoms. The first-order valence-electron chi connectivity index (χ1n) is 8.64. The molecule has 1 fully saturated rings. The van der Waals surface area contributed by atoms with Gasteiger partial charge >= 0.3 is 0 Å². The van der Waals surface area contributed by atoms with Gasteiger partial charge in [-0.05, 0) is 31.2 Å². The first-order chi connectivity index (χ1) is 14.0. The van der Waals surface area contributed by atoms with E-state index in [0.29, 0.717) is 10.8 Å². The number of anilines is 1. The number of rotatable bonds is 5. The largest absolute Gasteiger partial charge is 0.271 e. The van der Waals surface area contributed by atoms with E-state index in [1.165, 1.54) is 35.6 Å². The lowest BCUT2D eigenvalue weighted by molar-refractivity contribution is -0.384. The van der Waals surface area contributed by atoms with Gasteiger partial charge in [0.05, 0.1) is 22.3 Å². The normalized spacial score (nSPS) is 18.9. The highest BCUT2D eigenvalue weighted by Crippen LogP contribution is 2.30. The monoisotopic (exact) mass is 409 g/mol. The van der Waals surface area contributed by atoms with Crippen LogP contribution in [0.5, 0.6) is 0 Å². The van der Waals surface area contributed by atoms with E-state index < -0.39 is 11.0 Å². The summed E-state index contributed by atoms with van der Waals surface area (Å²) in [5, 5.41) is 23.1. The van der Waals surface area contributed by atoms with Crippen LogP contribution in [0.15, 0.2) is 64.4 Å². The molecule has 146 valence electrons. The van der Waals surface area contributed by atoms with Crippen molar-refractivity contribution < 1.29 is 9.72 Å². The number of amides is 1. The van der Waals surface area contributed by atoms with Gasteiger partial charge < -0.3 is 0 Å². The summed E-state index contributed by atoms with van der Waals surface area (Å²) >= 11 is 1.40. The second-order valence-electron chi connectivity index (χ2n) is 6.28. The van der Waals surface area contributed by atoms with E-state index >= 15 is 0 Å². The van der Waals surface area contributed by atoms with Gasteiger partial charge in [0.25, 0.3) is 11.6 Å². The van der Waals surface area contributed by atoms with Gasteiger partial charge in [-0.15, -0.1) is 11.3 Å². The van der Waals surface area contributed by atoms with Crippen LogP contribution in [0.1, 0.15) is 6.92 Å². The molecule has 0 saturated carbocycles. The molecule has 11 heteroatoms. The lowest BCUT2D eigenvalue weighted by atomic mass is 10.2. The summed E-state index contributed by atoms with van der Waals surface area (Å²) in [7, 11) is 0. The van der Waals surface area contributed by atoms with Crippen molar-refractivity contribution in [1.29, 1.82) is 0 Å². The molecule has 1 N–H and O–H groups in total. The molecule has 1 aliphatic heterocycles. The van der Waals surface area contributed by atoms with Crippen molar-refractivity contribution in [2.45, 2.75) is 19.0 Å². The minimum Gasteiger partial charge on any atom is -0.271 e. The number of benzene rings is 1. The summed E-state index contributed by atoms with van der Waals surface area (Å²) < 4.78 is 0. The van der Waals surface area contributed by atoms with Crippen molar-refractivity contribution in [3.63, 3.8) is 0 Å². The fourth-order valence-electron chi connectivity index (χ4n) is 2.81. The summed E-state index contributed by atoms with van der Waals surface area (Å²) in [5.41, 5.74) is 4.84. The van der Waals surface area contributed by atoms with Crippen molar-refractivity contribution in [3.8, 4) is 11.3 Å². The van der Waals surface area contributed by atoms with Crippen LogP contribution >= 0.6 is 11.3 Å². The third-order valence-electron chi connectivity index (χ3n) is 4.38. The van der Waals surface area contributed by atoms with Crippen LogP contribution < -0.4 is 10.4 Å². The fourth-order valence-corrected chi connectivity index (χ4v) is 3.69. The third-order valence-corrected chi connectivity index (χ3v) is 5.22. The first-order valence-corrected chi connectivity index (χ1v) is 9.52. The molecule has 1 aromatic carbocycles. The summed E-state index contributed by atoms with van der Waals surface area (Å²) in [4.78, 5) is 31.3. The molecule has 1 saturated heterocycles. The van der Waals surface area contributed by atoms with Crippen molar-refractivity contribution in [2.24, 2.45) is 10.2 Å². The maximum absolute atomic E-state index is 12.4. The van der Waals surface area contributed by atoms with E-state index in [4.69, 9.17) is 0 Å². The maximum atomic E-state index is 12.4. The molecule has 3 aromatic rings. The highest BCUT2D eigenvalue weighted by molar-refractivity contribution is 7.14. The SMILES string of the molecule is CC1C(N=Nc2ccc([N+](=O)[O-])cc2)C(=O)NN1c1nc(-c2cccnc2)cs1. The van der Waals surface area contributed by atoms with Gasteiger partial charge in [0.15, 0.2) is 6.04 Å². The molecule has 2 unspecified atom stereocenters. The van der Waals surface area contributed by atoms with Gasteiger partial charge in [-0.25, -0.2) is 4.98 Å². The molecule has 10 nitrogen and oxygen atoms in total. The number of nitro benzene ring substituents is 1. The fraction of sp³-hybridized carbons (Fsp3) is 0.167. The van der Waals surface area contributed by atoms with E-state index in [-0.39, 0.29) is 17.6 Å². The van der Waals surface area contributed by atoms with E-state index in [1.54, 1.807) is 17.4 Å². The molecule has 4 rings (SSSR count). The highest BCUT2D eigenvalue weighted by atomic mass is 32.1. The zero-order chi connectivity index (χ0) is 20.4. The summed E-state index contributed by atoms with van der Waals surface area (Å²) in [6, 6.07) is 8.37. The molecule has 1 aliphatic rings. The smallest absolute Gasteiger partial charge is 0.269 e. The van der Waals surface area contributed by atoms with Crippen LogP contribution in [0.4, 0.5) is 16.5 Å². The van der Waals surface area contributed by atoms with Crippen molar-refractivity contribution in [2.75, 3.05) is 5.01 Å². The Hall–Kier alpha value is -3.73. The first kappa shape index (κ1) is 18.6. The number of nitrogens with zero attached hydrogens (tertiary/aromatic N) is 6. The number of pyridine rings is 1. The molecule has 0 radical (unpaired) electrons. The standard InChI is InChI=1S/C18H15N7O3S/c1-11-16(22-21-13-4-6-14(7-5-13)25(27)28)17(26)23-24(11)18-20-15(10-29-18)12-3-2-8-19-9-12/h2-11,16H,1H3,(H,23,26). The van der Waals surface area contributed by atoms with Gasteiger partial charge in [0, 0.05) is 35.5 Å². The quantitative estimate of drug-likeness (QED) is 0.390. The summed E-state index contributed by atoms with van der Waals surface area (Å²) in [6.07, 6.45) is 3.42. The zero-order valence-electron chi connectivity index (χ0n) is 15.2. The Morgan fingerprint density at radius 2 is 2.07 bits per heavy atom. The van der Waals surface area contributed by atoms with Gasteiger partial charge in [0.2, 0.25) is 5.13 Å². The minimum absolute atomic E-state index is 0.0321. The van der Waals surface area contributed by atoms with Crippen LogP contribution in [0.3, 0.4) is 0 Å². The van der Waals surface area contributed by atoms with E-state index in [0.717, 1.165) is 11.3 Å². The Balaban J connectivity index is 1.49. The van der Waals surface area contributed by atoms with E-state index in [2.05, 4.69) is 25.6 Å². The molecule has 2 aromatic heterocycles. The third kappa shape index (κ3) is 3.80. The van der Waals surface area contributed by atoms with E-state index in [9.17, 15) is 14.9 Å². The number of carbonyl (C=O) groups excluding carboxylic acids is 1. The van der Waals surface area contributed by atoms with Gasteiger partial charge in [-0.2, -0.15) is 10.2 Å². The van der Waals surface area contributed by atoms with Crippen molar-refractivity contribution >= 4 is 33.8 Å². The van der Waals surface area contributed by atoms with Crippen LogP contribution in [-0.4, -0.2) is 32.9 Å². The Morgan fingerprint density at radius 1 is 1.28 bits per heavy atom. The number of carbonyl (C=O) groups is 1. The second kappa shape index (κ2) is 7.72. The Bertz CT molecular complexity index is 1070. The number of nitrogens with one attached hydrogen (secondary N) is 1. The number of hydrazine groups is 1. The van der Waals surface area contributed by atoms with Crippen molar-refractivity contribution in [1.82, 2.24) is 15.4 Å². The summed E-state index contributed by atoms with van der Waals surface area (Å²) in [5.74, 6) is -0.290. The topological polar surface area (TPSA) is 126 Å². The Labute approximate surface area is 169 Å². The number of nitro groups is 1. The number of non-ortho nitro benzene ring substituents is 1. The predicted molar refractivity (Wildman–Crippen MR) is 107 cm³/mol. The van der Waals surface area contributed by atoms with Gasteiger partial charge in [-0.3, -0.25) is 30.3 Å². The zero-order valence-corrected chi connectivity index (χ0v) is 16.0. The lowest BCUT2D eigenvalue weighted by Crippen LogP contribution is -2.37. The van der Waals surface area contributed by atoms with Gasteiger partial charge in [0.1, 0.15) is 0 Å². The lowest BCUT2D eigenvalue weighted by Gasteiger charge is -2.19. The molecule has 0 aliphatic carbocycles. The number of azo groups is 1. The molecular weight excluding hydrogens is 394 g/mol. The highest BCUT2D eigenvalue weighted by Gasteiger charge is 2.40. The number of aromatic nitrogens is 2. The minimum atomic E-state index is -0.726. The summed E-state index contributed by atoms with van der Waals surface area (Å²) in [6.45, 7) is 1.85. The molecule has 3 heterocycles. The maximum Gasteiger partial charge on any atom is 0.269 e. The Kier molecular flexibility index (Phi) is 4.96. The average molecular weight is 409 g/mol. The molecule has 2 atom stereocenters. The van der Waals surface area contributed by atoms with Crippen LogP contribution in [0, 0.1) is 10.1 Å². The van der Waals surface area contributed by atoms with Crippen molar-refractivity contribution in [3.05, 3.63) is 64.3 Å². The predicted octanol–water partition coefficient (Wildman–Crippen LogP) is 3.51. The van der Waals surface area contributed by atoms with Gasteiger partial charge in [-0.1, -0.05) is 0 Å². The molecular formula is C18H15N7O3S. The van der Waals surface area contributed by atoms with Crippen LogP contribution in [0.2, 0.25) is 0 Å². The number of thiazole rings is 1. The van der Waals surface area contributed by atoms with Crippen LogP contribution in [-0.2, 0) is 4.79 Å². The van der Waals surface area contributed by atoms with Crippen LogP contribution in [0.25, 0.3) is 11.3 Å². The molecule has 1 amide bonds.